The van der Waals surface area contributed by atoms with Crippen LogP contribution in [0.1, 0.15) is 0 Å². The maximum atomic E-state index is 13.8. The molecule has 0 N–H and O–H groups in total. The van der Waals surface area contributed by atoms with E-state index in [1.165, 1.54) is 12.1 Å². The predicted molar refractivity (Wildman–Crippen MR) is 100.0 cm³/mol. The molecule has 1 nitrogen and oxygen atoms in total. The SMILES string of the molecule is Fc1cc(F)cc(-c2nc3ccccc3c3c2sc2ccccc23)c1. The molecule has 0 spiro atoms. The Morgan fingerprint density at radius 3 is 2.24 bits per heavy atom. The average molecular weight is 347 g/mol. The number of rotatable bonds is 1. The van der Waals surface area contributed by atoms with Gasteiger partial charge in [0.25, 0.3) is 0 Å². The number of fused-ring (bicyclic) bond motifs is 5. The van der Waals surface area contributed by atoms with E-state index in [1.807, 2.05) is 36.4 Å². The first-order valence-corrected chi connectivity index (χ1v) is 8.69. The van der Waals surface area contributed by atoms with Crippen LogP contribution >= 0.6 is 11.3 Å². The van der Waals surface area contributed by atoms with Gasteiger partial charge in [0.15, 0.2) is 0 Å². The molecule has 0 saturated heterocycles. The summed E-state index contributed by atoms with van der Waals surface area (Å²) in [6.45, 7) is 0. The van der Waals surface area contributed by atoms with E-state index < -0.39 is 11.6 Å². The fourth-order valence-corrected chi connectivity index (χ4v) is 4.55. The van der Waals surface area contributed by atoms with Crippen molar-refractivity contribution in [3.63, 3.8) is 0 Å². The van der Waals surface area contributed by atoms with E-state index in [2.05, 4.69) is 12.1 Å². The second-order valence-electron chi connectivity index (χ2n) is 5.94. The zero-order valence-corrected chi connectivity index (χ0v) is 13.8. The molecule has 0 aliphatic heterocycles. The minimum Gasteiger partial charge on any atom is -0.246 e. The molecule has 5 aromatic rings. The minimum atomic E-state index is -0.598. The smallest absolute Gasteiger partial charge is 0.126 e. The van der Waals surface area contributed by atoms with Crippen LogP contribution in [0.5, 0.6) is 0 Å². The van der Waals surface area contributed by atoms with E-state index in [-0.39, 0.29) is 0 Å². The second kappa shape index (κ2) is 5.33. The predicted octanol–water partition coefficient (Wildman–Crippen LogP) is 6.55. The van der Waals surface area contributed by atoms with E-state index in [4.69, 9.17) is 4.98 Å². The third-order valence-corrected chi connectivity index (χ3v) is 5.53. The Morgan fingerprint density at radius 1 is 0.760 bits per heavy atom. The molecule has 2 aromatic heterocycles. The molecule has 0 bridgehead atoms. The highest BCUT2D eigenvalue weighted by Crippen LogP contribution is 2.42. The Morgan fingerprint density at radius 2 is 1.44 bits per heavy atom. The quantitative estimate of drug-likeness (QED) is 0.335. The van der Waals surface area contributed by atoms with Crippen LogP contribution in [-0.2, 0) is 0 Å². The molecule has 25 heavy (non-hydrogen) atoms. The molecule has 0 aliphatic rings. The molecule has 0 atom stereocenters. The summed E-state index contributed by atoms with van der Waals surface area (Å²) in [6, 6.07) is 19.6. The van der Waals surface area contributed by atoms with Gasteiger partial charge in [0.1, 0.15) is 11.6 Å². The molecule has 0 radical (unpaired) electrons. The standard InChI is InChI=1S/C21H11F2NS/c22-13-9-12(10-14(23)11-13)20-21-19(15-5-1-3-7-17(15)24-20)16-6-2-4-8-18(16)25-21/h1-11H. The number of hydrogen-bond acceptors (Lipinski definition) is 2. The maximum Gasteiger partial charge on any atom is 0.126 e. The molecule has 3 aromatic carbocycles. The molecule has 2 heterocycles. The minimum absolute atomic E-state index is 0.458. The van der Waals surface area contributed by atoms with E-state index in [0.29, 0.717) is 11.3 Å². The van der Waals surface area contributed by atoms with Gasteiger partial charge in [-0.15, -0.1) is 11.3 Å². The molecule has 0 fully saturated rings. The normalized spacial score (nSPS) is 11.6. The first-order chi connectivity index (χ1) is 12.2. The molecule has 0 unspecified atom stereocenters. The highest BCUT2D eigenvalue weighted by Gasteiger charge is 2.16. The summed E-state index contributed by atoms with van der Waals surface area (Å²) in [5.74, 6) is -1.20. The number of nitrogens with zero attached hydrogens (tertiary/aromatic N) is 1. The van der Waals surface area contributed by atoms with Gasteiger partial charge in [0.05, 0.1) is 15.9 Å². The van der Waals surface area contributed by atoms with Crippen LogP contribution in [0, 0.1) is 11.6 Å². The lowest BCUT2D eigenvalue weighted by atomic mass is 10.0. The first-order valence-electron chi connectivity index (χ1n) is 7.87. The van der Waals surface area contributed by atoms with Crippen molar-refractivity contribution >= 4 is 42.4 Å². The molecule has 120 valence electrons. The molecule has 0 aliphatic carbocycles. The number of hydrogen-bond donors (Lipinski definition) is 0. The van der Waals surface area contributed by atoms with Crippen LogP contribution < -0.4 is 0 Å². The number of halogens is 2. The van der Waals surface area contributed by atoms with Crippen molar-refractivity contribution in [2.45, 2.75) is 0 Å². The molecule has 4 heteroatoms. The second-order valence-corrected chi connectivity index (χ2v) is 6.99. The summed E-state index contributed by atoms with van der Waals surface area (Å²) in [5, 5.41) is 3.28. The zero-order valence-electron chi connectivity index (χ0n) is 13.0. The molecular weight excluding hydrogens is 336 g/mol. The summed E-state index contributed by atoms with van der Waals surface area (Å²) >= 11 is 1.60. The van der Waals surface area contributed by atoms with Crippen LogP contribution in [0.25, 0.3) is 42.3 Å². The van der Waals surface area contributed by atoms with Gasteiger partial charge in [-0.05, 0) is 24.3 Å². The Kier molecular flexibility index (Phi) is 3.09. The van der Waals surface area contributed by atoms with Crippen molar-refractivity contribution in [3.8, 4) is 11.3 Å². The Bertz CT molecular complexity index is 1250. The first kappa shape index (κ1) is 14.5. The third-order valence-electron chi connectivity index (χ3n) is 4.35. The number of pyridine rings is 1. The van der Waals surface area contributed by atoms with E-state index in [9.17, 15) is 8.78 Å². The summed E-state index contributed by atoms with van der Waals surface area (Å²) in [5.41, 5.74) is 1.89. The lowest BCUT2D eigenvalue weighted by Crippen LogP contribution is -1.89. The van der Waals surface area contributed by atoms with E-state index >= 15 is 0 Å². The van der Waals surface area contributed by atoms with Gasteiger partial charge in [-0.3, -0.25) is 0 Å². The fraction of sp³-hybridized carbons (Fsp3) is 0. The van der Waals surface area contributed by atoms with Gasteiger partial charge in [-0.2, -0.15) is 0 Å². The summed E-state index contributed by atoms with van der Waals surface area (Å²) in [6.07, 6.45) is 0. The number of para-hydroxylation sites is 1. The van der Waals surface area contributed by atoms with Gasteiger partial charge in [-0.1, -0.05) is 36.4 Å². The highest BCUT2D eigenvalue weighted by molar-refractivity contribution is 7.26. The Balaban J connectivity index is 2.01. The van der Waals surface area contributed by atoms with Crippen LogP contribution in [0.2, 0.25) is 0 Å². The summed E-state index contributed by atoms with van der Waals surface area (Å²) in [7, 11) is 0. The van der Waals surface area contributed by atoms with Crippen LogP contribution in [0.4, 0.5) is 8.78 Å². The summed E-state index contributed by atoms with van der Waals surface area (Å²) < 4.78 is 29.6. The number of aromatic nitrogens is 1. The fourth-order valence-electron chi connectivity index (χ4n) is 3.32. The number of thiophene rings is 1. The van der Waals surface area contributed by atoms with E-state index in [1.54, 1.807) is 11.3 Å². The Labute approximate surface area is 146 Å². The topological polar surface area (TPSA) is 12.9 Å². The van der Waals surface area contributed by atoms with Crippen LogP contribution in [-0.4, -0.2) is 4.98 Å². The zero-order chi connectivity index (χ0) is 17.0. The van der Waals surface area contributed by atoms with Crippen molar-refractivity contribution in [3.05, 3.63) is 78.4 Å². The van der Waals surface area contributed by atoms with Crippen LogP contribution in [0.3, 0.4) is 0 Å². The molecule has 0 saturated carbocycles. The van der Waals surface area contributed by atoms with E-state index in [0.717, 1.165) is 37.1 Å². The highest BCUT2D eigenvalue weighted by atomic mass is 32.1. The third kappa shape index (κ3) is 2.22. The van der Waals surface area contributed by atoms with Crippen molar-refractivity contribution in [2.75, 3.05) is 0 Å². The maximum absolute atomic E-state index is 13.8. The van der Waals surface area contributed by atoms with Gasteiger partial charge in [0.2, 0.25) is 0 Å². The molecular formula is C21H11F2NS. The molecule has 0 amide bonds. The van der Waals surface area contributed by atoms with Crippen molar-refractivity contribution in [1.82, 2.24) is 4.98 Å². The van der Waals surface area contributed by atoms with Gasteiger partial charge in [-0.25, -0.2) is 13.8 Å². The molecule has 5 rings (SSSR count). The van der Waals surface area contributed by atoms with Gasteiger partial charge < -0.3 is 0 Å². The van der Waals surface area contributed by atoms with Crippen molar-refractivity contribution in [1.29, 1.82) is 0 Å². The van der Waals surface area contributed by atoms with Crippen molar-refractivity contribution < 1.29 is 8.78 Å². The largest absolute Gasteiger partial charge is 0.246 e. The summed E-state index contributed by atoms with van der Waals surface area (Å²) in [4.78, 5) is 4.73. The monoisotopic (exact) mass is 347 g/mol. The number of benzene rings is 3. The lowest BCUT2D eigenvalue weighted by molar-refractivity contribution is 0.584. The average Bonchev–Trinajstić information content (AvgIpc) is 3.00. The Hall–Kier alpha value is -2.85. The lowest BCUT2D eigenvalue weighted by Gasteiger charge is -2.07. The van der Waals surface area contributed by atoms with Crippen molar-refractivity contribution in [2.24, 2.45) is 0 Å². The van der Waals surface area contributed by atoms with Gasteiger partial charge >= 0.3 is 0 Å². The van der Waals surface area contributed by atoms with Gasteiger partial charge in [0, 0.05) is 32.5 Å². The van der Waals surface area contributed by atoms with Crippen LogP contribution in [0.15, 0.2) is 66.7 Å².